The van der Waals surface area contributed by atoms with Gasteiger partial charge in [-0.3, -0.25) is 0 Å². The molecular formula is C59H42N2. The first-order valence-electron chi connectivity index (χ1n) is 21.6. The van der Waals surface area contributed by atoms with Gasteiger partial charge in [0.25, 0.3) is 0 Å². The zero-order valence-electron chi connectivity index (χ0n) is 33.9. The molecule has 2 heteroatoms. The Hall–Kier alpha value is -7.42. The number of benzene rings is 9. The third kappa shape index (κ3) is 5.85. The van der Waals surface area contributed by atoms with Gasteiger partial charge in [0.2, 0.25) is 0 Å². The summed E-state index contributed by atoms with van der Waals surface area (Å²) in [6.07, 6.45) is 5.01. The minimum absolute atomic E-state index is 0.120. The fourth-order valence-corrected chi connectivity index (χ4v) is 10.6. The van der Waals surface area contributed by atoms with Crippen molar-refractivity contribution in [1.82, 2.24) is 9.97 Å². The van der Waals surface area contributed by atoms with Crippen molar-refractivity contribution < 1.29 is 0 Å². The van der Waals surface area contributed by atoms with Crippen molar-refractivity contribution in [3.05, 3.63) is 217 Å². The van der Waals surface area contributed by atoms with Crippen molar-refractivity contribution in [1.29, 1.82) is 0 Å². The Labute approximate surface area is 356 Å². The Kier molecular flexibility index (Phi) is 8.38. The summed E-state index contributed by atoms with van der Waals surface area (Å²) in [5.41, 5.74) is 18.3. The summed E-state index contributed by atoms with van der Waals surface area (Å²) in [5.74, 6) is 0.705. The van der Waals surface area contributed by atoms with Gasteiger partial charge in [-0.1, -0.05) is 195 Å². The average molecular weight is 779 g/mol. The van der Waals surface area contributed by atoms with Crippen molar-refractivity contribution >= 4 is 21.5 Å². The van der Waals surface area contributed by atoms with E-state index in [9.17, 15) is 0 Å². The topological polar surface area (TPSA) is 25.8 Å². The summed E-state index contributed by atoms with van der Waals surface area (Å²) in [4.78, 5) is 10.5. The van der Waals surface area contributed by atoms with E-state index >= 15 is 0 Å². The standard InChI is InChI=1S/C59H42N2/c1-5-17-39(18-6-1)54-38-55(40-19-7-2-8-20-40)61-58(60-54)45-29-32-49-51(36-45)57(42-23-11-4-12-24-42)48-31-28-43(35-50(48)56(49)41-21-9-3-10-22-41)44-27-30-47-46-25-13-14-26-52(46)59(53(47)37-44)33-15-16-34-59/h1-14,17-32,35-38H,15-16,33-34H2. The average Bonchev–Trinajstić information content (AvgIpc) is 3.94. The van der Waals surface area contributed by atoms with E-state index in [1.54, 1.807) is 0 Å². The first kappa shape index (κ1) is 35.5. The normalized spacial score (nSPS) is 13.8. The lowest BCUT2D eigenvalue weighted by Crippen LogP contribution is -2.20. The molecule has 1 fully saturated rings. The van der Waals surface area contributed by atoms with Crippen LogP contribution in [0.25, 0.3) is 100.0 Å². The molecule has 0 bridgehead atoms. The summed E-state index contributed by atoms with van der Waals surface area (Å²) < 4.78 is 0. The van der Waals surface area contributed by atoms with Crippen LogP contribution >= 0.6 is 0 Å². The lowest BCUT2D eigenvalue weighted by atomic mass is 9.76. The number of nitrogens with zero attached hydrogens (tertiary/aromatic N) is 2. The quantitative estimate of drug-likeness (QED) is 0.157. The molecule has 0 N–H and O–H groups in total. The molecule has 2 aliphatic rings. The van der Waals surface area contributed by atoms with Crippen molar-refractivity contribution in [2.45, 2.75) is 31.1 Å². The third-order valence-electron chi connectivity index (χ3n) is 13.4. The van der Waals surface area contributed by atoms with Crippen LogP contribution in [0.3, 0.4) is 0 Å². The molecule has 288 valence electrons. The molecule has 0 unspecified atom stereocenters. The number of aromatic nitrogens is 2. The van der Waals surface area contributed by atoms with Gasteiger partial charge in [-0.2, -0.15) is 0 Å². The number of hydrogen-bond donors (Lipinski definition) is 0. The number of rotatable bonds is 6. The Morgan fingerprint density at radius 3 is 1.33 bits per heavy atom. The second-order valence-electron chi connectivity index (χ2n) is 16.8. The zero-order valence-corrected chi connectivity index (χ0v) is 33.9. The summed E-state index contributed by atoms with van der Waals surface area (Å²) in [6.45, 7) is 0. The maximum absolute atomic E-state index is 5.25. The van der Waals surface area contributed by atoms with Crippen LogP contribution in [0.2, 0.25) is 0 Å². The van der Waals surface area contributed by atoms with E-state index < -0.39 is 0 Å². The van der Waals surface area contributed by atoms with Gasteiger partial charge in [0.1, 0.15) is 0 Å². The maximum atomic E-state index is 5.25. The highest BCUT2D eigenvalue weighted by molar-refractivity contribution is 6.22. The smallest absolute Gasteiger partial charge is 0.160 e. The summed E-state index contributed by atoms with van der Waals surface area (Å²) in [5, 5.41) is 4.85. The SMILES string of the molecule is c1ccc(-c2cc(-c3ccccc3)nc(-c3ccc4c(-c5ccccc5)c5cc(-c6ccc7c(c6)C6(CCCC6)c6ccccc6-7)ccc5c(-c5ccccc5)c4c3)n2)cc1. The molecule has 0 aliphatic heterocycles. The third-order valence-corrected chi connectivity index (χ3v) is 13.4. The Morgan fingerprint density at radius 1 is 0.311 bits per heavy atom. The van der Waals surface area contributed by atoms with Gasteiger partial charge in [-0.05, 0) is 114 Å². The van der Waals surface area contributed by atoms with Crippen LogP contribution in [0, 0.1) is 0 Å². The van der Waals surface area contributed by atoms with Crippen molar-refractivity contribution in [2.75, 3.05) is 0 Å². The Morgan fingerprint density at radius 2 is 0.754 bits per heavy atom. The van der Waals surface area contributed by atoms with E-state index in [0.29, 0.717) is 5.82 Å². The minimum atomic E-state index is 0.120. The van der Waals surface area contributed by atoms with Gasteiger partial charge in [0.15, 0.2) is 5.82 Å². The van der Waals surface area contributed by atoms with Crippen molar-refractivity contribution in [3.8, 4) is 78.4 Å². The fourth-order valence-electron chi connectivity index (χ4n) is 10.6. The van der Waals surface area contributed by atoms with Crippen LogP contribution < -0.4 is 0 Å². The highest BCUT2D eigenvalue weighted by Gasteiger charge is 2.44. The molecule has 10 aromatic rings. The van der Waals surface area contributed by atoms with Gasteiger partial charge < -0.3 is 0 Å². The predicted molar refractivity (Wildman–Crippen MR) is 254 cm³/mol. The second-order valence-corrected chi connectivity index (χ2v) is 16.8. The van der Waals surface area contributed by atoms with Crippen LogP contribution in [-0.4, -0.2) is 9.97 Å². The molecule has 1 spiro atoms. The summed E-state index contributed by atoms with van der Waals surface area (Å²) in [7, 11) is 0. The molecule has 0 saturated heterocycles. The molecule has 2 aliphatic carbocycles. The molecule has 9 aromatic carbocycles. The molecule has 12 rings (SSSR count). The van der Waals surface area contributed by atoms with E-state index in [0.717, 1.165) is 28.1 Å². The summed E-state index contributed by atoms with van der Waals surface area (Å²) in [6, 6.07) is 75.3. The lowest BCUT2D eigenvalue weighted by Gasteiger charge is -2.27. The second kappa shape index (κ2) is 14.4. The summed E-state index contributed by atoms with van der Waals surface area (Å²) >= 11 is 0. The molecule has 0 radical (unpaired) electrons. The van der Waals surface area contributed by atoms with Crippen LogP contribution in [0.4, 0.5) is 0 Å². The van der Waals surface area contributed by atoms with Gasteiger partial charge in [0.05, 0.1) is 11.4 Å². The van der Waals surface area contributed by atoms with Crippen molar-refractivity contribution in [2.24, 2.45) is 0 Å². The minimum Gasteiger partial charge on any atom is -0.228 e. The highest BCUT2D eigenvalue weighted by atomic mass is 14.9. The molecule has 0 atom stereocenters. The van der Waals surface area contributed by atoms with Crippen LogP contribution in [0.15, 0.2) is 206 Å². The van der Waals surface area contributed by atoms with Gasteiger partial charge in [-0.25, -0.2) is 9.97 Å². The van der Waals surface area contributed by atoms with Crippen LogP contribution in [0.1, 0.15) is 36.8 Å². The van der Waals surface area contributed by atoms with Gasteiger partial charge in [0, 0.05) is 22.1 Å². The number of hydrogen-bond acceptors (Lipinski definition) is 2. The van der Waals surface area contributed by atoms with Crippen LogP contribution in [0.5, 0.6) is 0 Å². The van der Waals surface area contributed by atoms with E-state index in [4.69, 9.17) is 9.97 Å². The Balaban J connectivity index is 1.10. The predicted octanol–water partition coefficient (Wildman–Crippen LogP) is 15.6. The molecule has 0 amide bonds. The van der Waals surface area contributed by atoms with Gasteiger partial charge >= 0.3 is 0 Å². The van der Waals surface area contributed by atoms with Gasteiger partial charge in [-0.15, -0.1) is 0 Å². The molecule has 1 aromatic heterocycles. The molecule has 2 nitrogen and oxygen atoms in total. The van der Waals surface area contributed by atoms with E-state index in [2.05, 4.69) is 194 Å². The van der Waals surface area contributed by atoms with Crippen molar-refractivity contribution in [3.63, 3.8) is 0 Å². The largest absolute Gasteiger partial charge is 0.228 e. The molecule has 1 heterocycles. The van der Waals surface area contributed by atoms with E-state index in [1.165, 1.54) is 103 Å². The number of fused-ring (bicyclic) bond motifs is 7. The molecule has 1 saturated carbocycles. The van der Waals surface area contributed by atoms with Crippen LogP contribution in [-0.2, 0) is 5.41 Å². The zero-order chi connectivity index (χ0) is 40.3. The maximum Gasteiger partial charge on any atom is 0.160 e. The van der Waals surface area contributed by atoms with E-state index in [1.807, 2.05) is 12.1 Å². The first-order valence-corrected chi connectivity index (χ1v) is 21.6. The fraction of sp³-hybridized carbons (Fsp3) is 0.0847. The first-order chi connectivity index (χ1) is 30.2. The van der Waals surface area contributed by atoms with E-state index in [-0.39, 0.29) is 5.41 Å². The highest BCUT2D eigenvalue weighted by Crippen LogP contribution is 2.57. The molecule has 61 heavy (non-hydrogen) atoms. The Bertz CT molecular complexity index is 3220. The lowest BCUT2D eigenvalue weighted by molar-refractivity contribution is 0.550. The monoisotopic (exact) mass is 778 g/mol. The molecular weight excluding hydrogens is 737 g/mol.